The van der Waals surface area contributed by atoms with Gasteiger partial charge in [0.2, 0.25) is 0 Å². The van der Waals surface area contributed by atoms with Crippen molar-refractivity contribution in [3.63, 3.8) is 0 Å². The highest BCUT2D eigenvalue weighted by Crippen LogP contribution is 2.31. The highest BCUT2D eigenvalue weighted by atomic mass is 16.5. The van der Waals surface area contributed by atoms with E-state index in [1.165, 1.54) is 7.11 Å². The van der Waals surface area contributed by atoms with Crippen LogP contribution in [-0.4, -0.2) is 39.3 Å². The summed E-state index contributed by atoms with van der Waals surface area (Å²) < 4.78 is 6.66. The lowest BCUT2D eigenvalue weighted by molar-refractivity contribution is 0.0601. The number of ether oxygens (including phenoxy) is 1. The Morgan fingerprint density at radius 1 is 1.38 bits per heavy atom. The summed E-state index contributed by atoms with van der Waals surface area (Å²) in [7, 11) is 1.33. The number of carbonyl (C=O) groups excluding carboxylic acids is 1. The molecular formula is C18H23N5O3. The molecule has 8 heteroatoms. The van der Waals surface area contributed by atoms with Gasteiger partial charge in [0.15, 0.2) is 5.82 Å². The van der Waals surface area contributed by atoms with Crippen molar-refractivity contribution in [2.24, 2.45) is 5.73 Å². The molecule has 0 aliphatic rings. The SMILES string of the molecule is CCCC(N)c1nc2c(N)nc3cc(C(=O)OC)ccc3c2n1CCO. The molecule has 1 aromatic carbocycles. The van der Waals surface area contributed by atoms with Gasteiger partial charge in [0.05, 0.1) is 36.4 Å². The van der Waals surface area contributed by atoms with Gasteiger partial charge >= 0.3 is 5.97 Å². The number of esters is 1. The Hall–Kier alpha value is -2.71. The van der Waals surface area contributed by atoms with Crippen molar-refractivity contribution in [1.82, 2.24) is 14.5 Å². The van der Waals surface area contributed by atoms with Gasteiger partial charge in [0, 0.05) is 11.9 Å². The number of hydrogen-bond acceptors (Lipinski definition) is 7. The number of methoxy groups -OCH3 is 1. The fraction of sp³-hybridized carbons (Fsp3) is 0.389. The molecule has 2 aromatic heterocycles. The predicted molar refractivity (Wildman–Crippen MR) is 99.7 cm³/mol. The number of aliphatic hydroxyl groups excluding tert-OH is 1. The molecule has 5 N–H and O–H groups in total. The van der Waals surface area contributed by atoms with Crippen LogP contribution in [0.4, 0.5) is 5.82 Å². The maximum atomic E-state index is 11.8. The fourth-order valence-electron chi connectivity index (χ4n) is 3.22. The largest absolute Gasteiger partial charge is 0.465 e. The minimum atomic E-state index is -0.443. The van der Waals surface area contributed by atoms with Gasteiger partial charge in [-0.15, -0.1) is 0 Å². The van der Waals surface area contributed by atoms with Crippen LogP contribution in [0.25, 0.3) is 21.9 Å². The van der Waals surface area contributed by atoms with Crippen molar-refractivity contribution >= 4 is 33.7 Å². The van der Waals surface area contributed by atoms with Gasteiger partial charge in [0.1, 0.15) is 11.3 Å². The lowest BCUT2D eigenvalue weighted by Gasteiger charge is -2.14. The van der Waals surface area contributed by atoms with Gasteiger partial charge in [-0.05, 0) is 24.6 Å². The smallest absolute Gasteiger partial charge is 0.337 e. The van der Waals surface area contributed by atoms with E-state index in [0.717, 1.165) is 23.7 Å². The normalized spacial score (nSPS) is 12.6. The summed E-state index contributed by atoms with van der Waals surface area (Å²) in [5.41, 5.74) is 14.7. The Morgan fingerprint density at radius 2 is 2.15 bits per heavy atom. The van der Waals surface area contributed by atoms with E-state index in [0.29, 0.717) is 29.0 Å². The zero-order valence-corrected chi connectivity index (χ0v) is 14.9. The Balaban J connectivity index is 2.32. The zero-order valence-electron chi connectivity index (χ0n) is 14.9. The summed E-state index contributed by atoms with van der Waals surface area (Å²) >= 11 is 0. The first-order valence-corrected chi connectivity index (χ1v) is 8.55. The van der Waals surface area contributed by atoms with Crippen LogP contribution in [0.1, 0.15) is 42.0 Å². The molecule has 1 unspecified atom stereocenters. The van der Waals surface area contributed by atoms with Gasteiger partial charge in [-0.3, -0.25) is 0 Å². The van der Waals surface area contributed by atoms with Crippen LogP contribution >= 0.6 is 0 Å². The molecular weight excluding hydrogens is 334 g/mol. The second kappa shape index (κ2) is 7.27. The van der Waals surface area contributed by atoms with Crippen molar-refractivity contribution in [1.29, 1.82) is 0 Å². The number of nitrogens with two attached hydrogens (primary N) is 2. The molecule has 0 amide bonds. The first-order chi connectivity index (χ1) is 12.5. The first-order valence-electron chi connectivity index (χ1n) is 8.55. The van der Waals surface area contributed by atoms with Crippen LogP contribution in [0.2, 0.25) is 0 Å². The first kappa shape index (κ1) is 18.1. The molecule has 3 aromatic rings. The number of nitrogens with zero attached hydrogens (tertiary/aromatic N) is 3. The van der Waals surface area contributed by atoms with E-state index in [4.69, 9.17) is 16.2 Å². The van der Waals surface area contributed by atoms with Crippen molar-refractivity contribution in [2.45, 2.75) is 32.4 Å². The van der Waals surface area contributed by atoms with Crippen LogP contribution < -0.4 is 11.5 Å². The third-order valence-corrected chi connectivity index (χ3v) is 4.41. The summed E-state index contributed by atoms with van der Waals surface area (Å²) in [4.78, 5) is 20.8. The van der Waals surface area contributed by atoms with E-state index in [-0.39, 0.29) is 18.5 Å². The van der Waals surface area contributed by atoms with Crippen molar-refractivity contribution in [2.75, 3.05) is 19.5 Å². The molecule has 0 saturated heterocycles. The number of benzene rings is 1. The minimum absolute atomic E-state index is 0.0543. The summed E-state index contributed by atoms with van der Waals surface area (Å²) in [6.07, 6.45) is 1.69. The van der Waals surface area contributed by atoms with Gasteiger partial charge in [-0.2, -0.15) is 0 Å². The average Bonchev–Trinajstić information content (AvgIpc) is 3.01. The van der Waals surface area contributed by atoms with Gasteiger partial charge < -0.3 is 25.9 Å². The summed E-state index contributed by atoms with van der Waals surface area (Å²) in [5.74, 6) is 0.493. The molecule has 0 saturated carbocycles. The average molecular weight is 357 g/mol. The van der Waals surface area contributed by atoms with Crippen LogP contribution in [0, 0.1) is 0 Å². The van der Waals surface area contributed by atoms with Crippen LogP contribution in [-0.2, 0) is 11.3 Å². The quantitative estimate of drug-likeness (QED) is 0.573. The summed E-state index contributed by atoms with van der Waals surface area (Å²) in [6.45, 7) is 2.35. The van der Waals surface area contributed by atoms with E-state index >= 15 is 0 Å². The van der Waals surface area contributed by atoms with Crippen LogP contribution in [0.15, 0.2) is 18.2 Å². The van der Waals surface area contributed by atoms with E-state index in [1.807, 2.05) is 4.57 Å². The monoisotopic (exact) mass is 357 g/mol. The van der Waals surface area contributed by atoms with E-state index in [9.17, 15) is 9.90 Å². The second-order valence-electron chi connectivity index (χ2n) is 6.16. The molecule has 0 fully saturated rings. The number of carbonyl (C=O) groups is 1. The number of anilines is 1. The number of nitrogen functional groups attached to an aromatic ring is 1. The molecule has 1 atom stereocenters. The number of aliphatic hydroxyl groups is 1. The molecule has 0 aliphatic heterocycles. The Kier molecular flexibility index (Phi) is 5.06. The van der Waals surface area contributed by atoms with Crippen LogP contribution in [0.3, 0.4) is 0 Å². The highest BCUT2D eigenvalue weighted by Gasteiger charge is 2.21. The van der Waals surface area contributed by atoms with Crippen molar-refractivity contribution < 1.29 is 14.6 Å². The standard InChI is InChI=1S/C18H23N5O3/c1-3-4-12(19)17-22-14-15(23(17)7-8-24)11-6-5-10(18(25)26-2)9-13(11)21-16(14)20/h5-6,9,12,24H,3-4,7-8,19H2,1-2H3,(H2,20,21). The Labute approximate surface area is 150 Å². The van der Waals surface area contributed by atoms with Gasteiger partial charge in [-0.25, -0.2) is 14.8 Å². The molecule has 0 radical (unpaired) electrons. The molecule has 2 heterocycles. The maximum Gasteiger partial charge on any atom is 0.337 e. The Bertz CT molecular complexity index is 967. The molecule has 0 aliphatic carbocycles. The maximum absolute atomic E-state index is 11.8. The molecule has 0 bridgehead atoms. The molecule has 138 valence electrons. The fourth-order valence-corrected chi connectivity index (χ4v) is 3.22. The number of pyridine rings is 1. The van der Waals surface area contributed by atoms with Crippen molar-refractivity contribution in [3.05, 3.63) is 29.6 Å². The van der Waals surface area contributed by atoms with E-state index in [1.54, 1.807) is 18.2 Å². The molecule has 0 spiro atoms. The van der Waals surface area contributed by atoms with E-state index < -0.39 is 5.97 Å². The summed E-state index contributed by atoms with van der Waals surface area (Å²) in [6, 6.07) is 4.84. The second-order valence-corrected chi connectivity index (χ2v) is 6.16. The van der Waals surface area contributed by atoms with Crippen LogP contribution in [0.5, 0.6) is 0 Å². The van der Waals surface area contributed by atoms with Gasteiger partial charge in [0.25, 0.3) is 0 Å². The lowest BCUT2D eigenvalue weighted by atomic mass is 10.1. The lowest BCUT2D eigenvalue weighted by Crippen LogP contribution is -2.17. The molecule has 26 heavy (non-hydrogen) atoms. The molecule has 3 rings (SSSR count). The minimum Gasteiger partial charge on any atom is -0.465 e. The number of aromatic nitrogens is 3. The zero-order chi connectivity index (χ0) is 18.8. The number of rotatable bonds is 6. The highest BCUT2D eigenvalue weighted by molar-refractivity contribution is 6.08. The number of fused-ring (bicyclic) bond motifs is 3. The third kappa shape index (κ3) is 2.97. The predicted octanol–water partition coefficient (Wildman–Crippen LogP) is 1.75. The third-order valence-electron chi connectivity index (χ3n) is 4.41. The summed E-state index contributed by atoms with van der Waals surface area (Å²) in [5, 5.41) is 10.3. The van der Waals surface area contributed by atoms with Crippen molar-refractivity contribution in [3.8, 4) is 0 Å². The Morgan fingerprint density at radius 3 is 2.81 bits per heavy atom. The number of hydrogen-bond donors (Lipinski definition) is 3. The van der Waals surface area contributed by atoms with Gasteiger partial charge in [-0.1, -0.05) is 13.3 Å². The number of imidazole rings is 1. The topological polar surface area (TPSA) is 129 Å². The van der Waals surface area contributed by atoms with E-state index in [2.05, 4.69) is 16.9 Å². The molecule has 8 nitrogen and oxygen atoms in total.